The van der Waals surface area contributed by atoms with Crippen LogP contribution in [0.5, 0.6) is 0 Å². The van der Waals surface area contributed by atoms with Crippen LogP contribution >= 0.6 is 0 Å². The lowest BCUT2D eigenvalue weighted by atomic mass is 9.93. The number of rotatable bonds is 8. The second-order valence-corrected chi connectivity index (χ2v) is 5.86. The van der Waals surface area contributed by atoms with Crippen LogP contribution in [0.3, 0.4) is 0 Å². The fourth-order valence-electron chi connectivity index (χ4n) is 2.76. The lowest BCUT2D eigenvalue weighted by Crippen LogP contribution is -2.26. The Balaban J connectivity index is 2.22. The maximum atomic E-state index is 12.7. The van der Waals surface area contributed by atoms with E-state index in [2.05, 4.69) is 4.99 Å². The first-order valence-electron chi connectivity index (χ1n) is 8.79. The van der Waals surface area contributed by atoms with Crippen molar-refractivity contribution in [2.24, 2.45) is 10.9 Å². The zero-order chi connectivity index (χ0) is 19.8. The fraction of sp³-hybridized carbons (Fsp3) is 0.400. The van der Waals surface area contributed by atoms with Gasteiger partial charge in [-0.1, -0.05) is 30.3 Å². The largest absolute Gasteiger partial charge is 0.466 e. The van der Waals surface area contributed by atoms with Crippen molar-refractivity contribution in [3.63, 3.8) is 0 Å². The first-order chi connectivity index (χ1) is 13.0. The van der Waals surface area contributed by atoms with Gasteiger partial charge >= 0.3 is 17.9 Å². The molecule has 0 amide bonds. The Morgan fingerprint density at radius 1 is 1.00 bits per heavy atom. The molecule has 1 aliphatic heterocycles. The van der Waals surface area contributed by atoms with Crippen LogP contribution in [0.1, 0.15) is 32.8 Å². The third-order valence-electron chi connectivity index (χ3n) is 3.93. The van der Waals surface area contributed by atoms with Crippen LogP contribution in [0.2, 0.25) is 0 Å². The summed E-state index contributed by atoms with van der Waals surface area (Å²) >= 11 is 0. The Morgan fingerprint density at radius 2 is 1.67 bits per heavy atom. The number of benzene rings is 1. The molecule has 0 aromatic heterocycles. The molecular formula is C20H23NO6. The maximum Gasteiger partial charge on any atom is 0.356 e. The standard InChI is InChI=1S/C20H23NO6/c1-4-25-16(22)11-15-17(13(3)21-18(15)20(24)26-5-2)19(23)27-12-14-9-7-6-8-10-14/h6-10,17H,4-5,11-12H2,1-3H3/t17-/m1/s1. The van der Waals surface area contributed by atoms with E-state index in [4.69, 9.17) is 14.2 Å². The van der Waals surface area contributed by atoms with Gasteiger partial charge in [0.25, 0.3) is 0 Å². The maximum absolute atomic E-state index is 12.7. The molecule has 1 heterocycles. The van der Waals surface area contributed by atoms with Crippen molar-refractivity contribution >= 4 is 23.6 Å². The molecule has 0 bridgehead atoms. The van der Waals surface area contributed by atoms with E-state index in [0.717, 1.165) is 5.56 Å². The number of hydrogen-bond acceptors (Lipinski definition) is 7. The highest BCUT2D eigenvalue weighted by molar-refractivity contribution is 6.11. The summed E-state index contributed by atoms with van der Waals surface area (Å²) in [6.07, 6.45) is -0.228. The number of hydrogen-bond donors (Lipinski definition) is 0. The van der Waals surface area contributed by atoms with Gasteiger partial charge in [-0.3, -0.25) is 9.59 Å². The minimum absolute atomic E-state index is 0.0240. The number of esters is 3. The van der Waals surface area contributed by atoms with E-state index in [1.54, 1.807) is 20.8 Å². The Bertz CT molecular complexity index is 766. The van der Waals surface area contributed by atoms with E-state index in [9.17, 15) is 14.4 Å². The highest BCUT2D eigenvalue weighted by atomic mass is 16.5. The molecule has 7 heteroatoms. The van der Waals surface area contributed by atoms with Gasteiger partial charge in [-0.2, -0.15) is 0 Å². The molecule has 0 spiro atoms. The van der Waals surface area contributed by atoms with Gasteiger partial charge in [0.1, 0.15) is 18.2 Å². The summed E-state index contributed by atoms with van der Waals surface area (Å²) in [4.78, 5) is 41.0. The number of nitrogens with zero attached hydrogens (tertiary/aromatic N) is 1. The predicted molar refractivity (Wildman–Crippen MR) is 97.7 cm³/mol. The molecule has 0 aliphatic carbocycles. The van der Waals surface area contributed by atoms with Crippen molar-refractivity contribution < 1.29 is 28.6 Å². The number of aliphatic imine (C=N–C) groups is 1. The Hall–Kier alpha value is -2.96. The molecule has 0 saturated heterocycles. The molecule has 0 saturated carbocycles. The summed E-state index contributed by atoms with van der Waals surface area (Å²) in [5.74, 6) is -2.69. The summed E-state index contributed by atoms with van der Waals surface area (Å²) in [6, 6.07) is 9.22. The molecule has 1 atom stereocenters. The predicted octanol–water partition coefficient (Wildman–Crippen LogP) is 2.59. The first-order valence-corrected chi connectivity index (χ1v) is 8.79. The minimum atomic E-state index is -0.905. The molecule has 0 radical (unpaired) electrons. The zero-order valence-corrected chi connectivity index (χ0v) is 15.7. The lowest BCUT2D eigenvalue weighted by molar-refractivity contribution is -0.146. The van der Waals surface area contributed by atoms with Gasteiger partial charge in [0.2, 0.25) is 0 Å². The second kappa shape index (κ2) is 9.66. The quantitative estimate of drug-likeness (QED) is 0.514. The number of carbonyl (C=O) groups excluding carboxylic acids is 3. The molecule has 0 unspecified atom stereocenters. The minimum Gasteiger partial charge on any atom is -0.466 e. The smallest absolute Gasteiger partial charge is 0.356 e. The summed E-state index contributed by atoms with van der Waals surface area (Å²) in [5.41, 5.74) is 1.45. The van der Waals surface area contributed by atoms with Crippen molar-refractivity contribution in [3.05, 3.63) is 47.2 Å². The third kappa shape index (κ3) is 5.26. The first kappa shape index (κ1) is 20.4. The monoisotopic (exact) mass is 373 g/mol. The van der Waals surface area contributed by atoms with Gasteiger partial charge < -0.3 is 14.2 Å². The van der Waals surface area contributed by atoms with E-state index in [1.165, 1.54) is 0 Å². The molecule has 1 aliphatic rings. The van der Waals surface area contributed by atoms with Gasteiger partial charge in [0, 0.05) is 5.71 Å². The van der Waals surface area contributed by atoms with Crippen LogP contribution < -0.4 is 0 Å². The van der Waals surface area contributed by atoms with Crippen molar-refractivity contribution in [1.29, 1.82) is 0 Å². The molecular weight excluding hydrogens is 350 g/mol. The Labute approximate surface area is 158 Å². The van der Waals surface area contributed by atoms with Crippen molar-refractivity contribution in [3.8, 4) is 0 Å². The summed E-state index contributed by atoms with van der Waals surface area (Å²) < 4.78 is 15.3. The molecule has 1 aromatic rings. The van der Waals surface area contributed by atoms with Crippen LogP contribution in [0.25, 0.3) is 0 Å². The van der Waals surface area contributed by atoms with Crippen LogP contribution in [0.15, 0.2) is 46.6 Å². The van der Waals surface area contributed by atoms with E-state index in [0.29, 0.717) is 5.71 Å². The van der Waals surface area contributed by atoms with Crippen LogP contribution in [0, 0.1) is 5.92 Å². The summed E-state index contributed by atoms with van der Waals surface area (Å²) in [6.45, 7) is 5.41. The molecule has 1 aromatic carbocycles. The van der Waals surface area contributed by atoms with Crippen molar-refractivity contribution in [1.82, 2.24) is 0 Å². The van der Waals surface area contributed by atoms with Gasteiger partial charge in [0.15, 0.2) is 0 Å². The molecule has 2 rings (SSSR count). The highest BCUT2D eigenvalue weighted by Gasteiger charge is 2.38. The van der Waals surface area contributed by atoms with Crippen molar-refractivity contribution in [2.75, 3.05) is 13.2 Å². The fourth-order valence-corrected chi connectivity index (χ4v) is 2.76. The molecule has 27 heavy (non-hydrogen) atoms. The molecule has 0 fully saturated rings. The van der Waals surface area contributed by atoms with Crippen molar-refractivity contribution in [2.45, 2.75) is 33.8 Å². The number of carbonyl (C=O) groups is 3. The van der Waals surface area contributed by atoms with Gasteiger partial charge in [-0.05, 0) is 31.9 Å². The van der Waals surface area contributed by atoms with E-state index >= 15 is 0 Å². The molecule has 0 N–H and O–H groups in total. The second-order valence-electron chi connectivity index (χ2n) is 5.86. The topological polar surface area (TPSA) is 91.3 Å². The highest BCUT2D eigenvalue weighted by Crippen LogP contribution is 2.31. The molecule has 144 valence electrons. The average Bonchev–Trinajstić information content (AvgIpc) is 2.97. The van der Waals surface area contributed by atoms with Gasteiger partial charge in [0.05, 0.1) is 19.6 Å². The molecule has 7 nitrogen and oxygen atoms in total. The lowest BCUT2D eigenvalue weighted by Gasteiger charge is -2.15. The Kier molecular flexibility index (Phi) is 7.28. The van der Waals surface area contributed by atoms with E-state index in [1.807, 2.05) is 30.3 Å². The normalized spacial score (nSPS) is 16.0. The van der Waals surface area contributed by atoms with Crippen LogP contribution in [-0.2, 0) is 35.2 Å². The number of ether oxygens (including phenoxy) is 3. The van der Waals surface area contributed by atoms with Gasteiger partial charge in [-0.25, -0.2) is 9.79 Å². The summed E-state index contributed by atoms with van der Waals surface area (Å²) in [5, 5.41) is 0. The average molecular weight is 373 g/mol. The van der Waals surface area contributed by atoms with Crippen LogP contribution in [0.4, 0.5) is 0 Å². The Morgan fingerprint density at radius 3 is 2.30 bits per heavy atom. The summed E-state index contributed by atoms with van der Waals surface area (Å²) in [7, 11) is 0. The zero-order valence-electron chi connectivity index (χ0n) is 15.7. The van der Waals surface area contributed by atoms with E-state index in [-0.39, 0.29) is 37.5 Å². The van der Waals surface area contributed by atoms with Gasteiger partial charge in [-0.15, -0.1) is 0 Å². The van der Waals surface area contributed by atoms with E-state index < -0.39 is 23.8 Å². The third-order valence-corrected chi connectivity index (χ3v) is 3.93. The van der Waals surface area contributed by atoms with Crippen LogP contribution in [-0.4, -0.2) is 36.8 Å². The SMILES string of the molecule is CCOC(=O)CC1=C(C(=O)OCC)N=C(C)[C@H]1C(=O)OCc1ccccc1.